The van der Waals surface area contributed by atoms with Crippen molar-refractivity contribution in [1.82, 2.24) is 4.98 Å². The fourth-order valence-electron chi connectivity index (χ4n) is 3.17. The molecule has 0 bridgehead atoms. The summed E-state index contributed by atoms with van der Waals surface area (Å²) in [5.74, 6) is 0.0253. The lowest BCUT2D eigenvalue weighted by atomic mass is 9.92. The molecule has 0 atom stereocenters. The molecule has 0 unspecified atom stereocenters. The van der Waals surface area contributed by atoms with Crippen molar-refractivity contribution in [2.45, 2.75) is 38.5 Å². The van der Waals surface area contributed by atoms with Gasteiger partial charge < -0.3 is 4.74 Å². The predicted molar refractivity (Wildman–Crippen MR) is 87.1 cm³/mol. The summed E-state index contributed by atoms with van der Waals surface area (Å²) >= 11 is 0. The quantitative estimate of drug-likeness (QED) is 0.775. The van der Waals surface area contributed by atoms with Crippen LogP contribution in [0.2, 0.25) is 0 Å². The summed E-state index contributed by atoms with van der Waals surface area (Å²) in [5, 5.41) is 9.64. The Bertz CT molecular complexity index is 754. The average molecular weight is 328 g/mol. The highest BCUT2D eigenvalue weighted by atomic mass is 19.3. The third-order valence-electron chi connectivity index (χ3n) is 4.21. The minimum atomic E-state index is -2.60. The van der Waals surface area contributed by atoms with Gasteiger partial charge in [-0.25, -0.2) is 13.8 Å². The zero-order chi connectivity index (χ0) is 16.9. The molecule has 5 heteroatoms. The summed E-state index contributed by atoms with van der Waals surface area (Å²) in [7, 11) is 0. The lowest BCUT2D eigenvalue weighted by molar-refractivity contribution is 0.0793. The van der Waals surface area contributed by atoms with Crippen molar-refractivity contribution in [3.8, 4) is 23.1 Å². The number of hydrogen-bond acceptors (Lipinski definition) is 3. The topological polar surface area (TPSA) is 45.9 Å². The molecular formula is C19H18F2N2O. The first-order chi connectivity index (χ1) is 11.7. The van der Waals surface area contributed by atoms with E-state index in [4.69, 9.17) is 4.74 Å². The number of nitriles is 1. The van der Waals surface area contributed by atoms with Crippen molar-refractivity contribution < 1.29 is 13.5 Å². The molecule has 0 radical (unpaired) electrons. The number of pyridine rings is 1. The monoisotopic (exact) mass is 328 g/mol. The van der Waals surface area contributed by atoms with Crippen LogP contribution in [0.15, 0.2) is 30.3 Å². The summed E-state index contributed by atoms with van der Waals surface area (Å²) in [6.07, 6.45) is 2.17. The van der Waals surface area contributed by atoms with Crippen LogP contribution in [0.5, 0.6) is 5.88 Å². The van der Waals surface area contributed by atoms with Gasteiger partial charge >= 0.3 is 0 Å². The molecule has 0 amide bonds. The van der Waals surface area contributed by atoms with E-state index in [0.29, 0.717) is 0 Å². The number of hydrogen-bond donors (Lipinski definition) is 0. The van der Waals surface area contributed by atoms with Gasteiger partial charge in [0.2, 0.25) is 5.88 Å². The standard InChI is InChI=1S/C19H18F2N2O/c20-17(21)12-24-19-15(11-22)18(13-7-3-1-4-8-13)14-9-5-2-6-10-16(14)23-19/h1,3-4,7-8,17H,2,5-6,9-10,12H2. The Morgan fingerprint density at radius 3 is 2.58 bits per heavy atom. The first-order valence-electron chi connectivity index (χ1n) is 8.13. The number of fused-ring (bicyclic) bond motifs is 1. The second-order valence-electron chi connectivity index (χ2n) is 5.83. The van der Waals surface area contributed by atoms with Crippen LogP contribution in [0.1, 0.15) is 36.1 Å². The van der Waals surface area contributed by atoms with Gasteiger partial charge in [0.1, 0.15) is 11.6 Å². The van der Waals surface area contributed by atoms with Crippen molar-refractivity contribution in [1.29, 1.82) is 5.26 Å². The normalized spacial score (nSPS) is 13.9. The number of nitrogens with zero attached hydrogens (tertiary/aromatic N) is 2. The molecule has 0 saturated carbocycles. The number of aromatic nitrogens is 1. The van der Waals surface area contributed by atoms with E-state index in [-0.39, 0.29) is 11.4 Å². The Balaban J connectivity index is 2.19. The lowest BCUT2D eigenvalue weighted by Crippen LogP contribution is -2.12. The van der Waals surface area contributed by atoms with Gasteiger partial charge in [-0.15, -0.1) is 0 Å². The molecule has 3 nitrogen and oxygen atoms in total. The van der Waals surface area contributed by atoms with E-state index < -0.39 is 13.0 Å². The molecule has 0 N–H and O–H groups in total. The van der Waals surface area contributed by atoms with Gasteiger partial charge in [0.25, 0.3) is 6.43 Å². The van der Waals surface area contributed by atoms with Crippen LogP contribution < -0.4 is 4.74 Å². The Hall–Kier alpha value is -2.48. The van der Waals surface area contributed by atoms with Crippen LogP contribution in [0.4, 0.5) is 8.78 Å². The summed E-state index contributed by atoms with van der Waals surface area (Å²) in [5.41, 5.74) is 3.86. The SMILES string of the molecule is N#Cc1c(OCC(F)F)nc2c(c1-c1ccccc1)CCCCC2. The van der Waals surface area contributed by atoms with Crippen molar-refractivity contribution in [2.24, 2.45) is 0 Å². The Morgan fingerprint density at radius 2 is 1.88 bits per heavy atom. The molecule has 0 saturated heterocycles. The van der Waals surface area contributed by atoms with Gasteiger partial charge in [-0.1, -0.05) is 36.8 Å². The van der Waals surface area contributed by atoms with Gasteiger partial charge in [-0.3, -0.25) is 0 Å². The van der Waals surface area contributed by atoms with Crippen LogP contribution in [0.25, 0.3) is 11.1 Å². The smallest absolute Gasteiger partial charge is 0.272 e. The number of benzene rings is 1. The van der Waals surface area contributed by atoms with Crippen molar-refractivity contribution >= 4 is 0 Å². The fraction of sp³-hybridized carbons (Fsp3) is 0.368. The van der Waals surface area contributed by atoms with Crippen LogP contribution in [0, 0.1) is 11.3 Å². The zero-order valence-electron chi connectivity index (χ0n) is 13.3. The molecule has 1 aromatic heterocycles. The molecular weight excluding hydrogens is 310 g/mol. The van der Waals surface area contributed by atoms with Crippen molar-refractivity contribution in [3.05, 3.63) is 47.2 Å². The van der Waals surface area contributed by atoms with E-state index in [1.54, 1.807) is 0 Å². The van der Waals surface area contributed by atoms with Gasteiger partial charge in [0, 0.05) is 11.3 Å². The third-order valence-corrected chi connectivity index (χ3v) is 4.21. The second kappa shape index (κ2) is 7.39. The first kappa shape index (κ1) is 16.4. The summed E-state index contributed by atoms with van der Waals surface area (Å²) in [4.78, 5) is 4.42. The molecule has 1 heterocycles. The second-order valence-corrected chi connectivity index (χ2v) is 5.83. The average Bonchev–Trinajstić information content (AvgIpc) is 2.84. The molecule has 1 aliphatic rings. The van der Waals surface area contributed by atoms with E-state index in [9.17, 15) is 14.0 Å². The first-order valence-corrected chi connectivity index (χ1v) is 8.13. The maximum absolute atomic E-state index is 12.5. The highest BCUT2D eigenvalue weighted by Gasteiger charge is 2.23. The van der Waals surface area contributed by atoms with Gasteiger partial charge in [0.05, 0.1) is 0 Å². The number of halogens is 2. The number of aryl methyl sites for hydroxylation is 1. The predicted octanol–water partition coefficient (Wildman–Crippen LogP) is 4.53. The largest absolute Gasteiger partial charge is 0.471 e. The van der Waals surface area contributed by atoms with E-state index in [0.717, 1.165) is 54.5 Å². The molecule has 0 fully saturated rings. The molecule has 0 spiro atoms. The van der Waals surface area contributed by atoms with E-state index in [2.05, 4.69) is 11.1 Å². The fourth-order valence-corrected chi connectivity index (χ4v) is 3.17. The maximum atomic E-state index is 12.5. The molecule has 2 aromatic rings. The van der Waals surface area contributed by atoms with Gasteiger partial charge in [0.15, 0.2) is 6.61 Å². The molecule has 124 valence electrons. The lowest BCUT2D eigenvalue weighted by Gasteiger charge is -2.17. The van der Waals surface area contributed by atoms with Crippen LogP contribution in [0.3, 0.4) is 0 Å². The van der Waals surface area contributed by atoms with Crippen molar-refractivity contribution in [3.63, 3.8) is 0 Å². The van der Waals surface area contributed by atoms with Crippen LogP contribution in [-0.2, 0) is 12.8 Å². The van der Waals surface area contributed by atoms with E-state index in [1.807, 2.05) is 30.3 Å². The molecule has 1 aromatic carbocycles. The summed E-state index contributed by atoms with van der Waals surface area (Å²) in [6, 6.07) is 11.7. The summed E-state index contributed by atoms with van der Waals surface area (Å²) in [6.45, 7) is -0.755. The van der Waals surface area contributed by atoms with Crippen molar-refractivity contribution in [2.75, 3.05) is 6.61 Å². The molecule has 0 aliphatic heterocycles. The summed E-state index contributed by atoms with van der Waals surface area (Å²) < 4.78 is 30.3. The minimum absolute atomic E-state index is 0.0253. The Morgan fingerprint density at radius 1 is 1.12 bits per heavy atom. The minimum Gasteiger partial charge on any atom is -0.471 e. The maximum Gasteiger partial charge on any atom is 0.272 e. The zero-order valence-corrected chi connectivity index (χ0v) is 13.3. The van der Waals surface area contributed by atoms with E-state index in [1.165, 1.54) is 0 Å². The van der Waals surface area contributed by atoms with Crippen LogP contribution >= 0.6 is 0 Å². The Labute approximate surface area is 139 Å². The third kappa shape index (κ3) is 3.38. The molecule has 3 rings (SSSR count). The number of alkyl halides is 2. The van der Waals surface area contributed by atoms with Gasteiger partial charge in [-0.05, 0) is 36.8 Å². The Kier molecular flexibility index (Phi) is 5.05. The number of ether oxygens (including phenoxy) is 1. The van der Waals surface area contributed by atoms with E-state index >= 15 is 0 Å². The highest BCUT2D eigenvalue weighted by molar-refractivity contribution is 5.77. The highest BCUT2D eigenvalue weighted by Crippen LogP contribution is 2.37. The van der Waals surface area contributed by atoms with Crippen LogP contribution in [-0.4, -0.2) is 18.0 Å². The van der Waals surface area contributed by atoms with Gasteiger partial charge in [-0.2, -0.15) is 5.26 Å². The molecule has 1 aliphatic carbocycles. The number of rotatable bonds is 4. The molecule has 24 heavy (non-hydrogen) atoms.